The molecule has 0 radical (unpaired) electrons. The molecule has 10 heteroatoms. The van der Waals surface area contributed by atoms with Gasteiger partial charge in [-0.05, 0) is 18.2 Å². The fourth-order valence-electron chi connectivity index (χ4n) is 2.86. The lowest BCUT2D eigenvalue weighted by molar-refractivity contribution is -0.137. The van der Waals surface area contributed by atoms with E-state index in [9.17, 15) is 18.3 Å². The number of carbonyl (C=O) groups is 1. The summed E-state index contributed by atoms with van der Waals surface area (Å²) in [7, 11) is -2.72. The number of ether oxygens (including phenoxy) is 1. The molecule has 0 atom stereocenters. The van der Waals surface area contributed by atoms with E-state index in [4.69, 9.17) is 27.9 Å². The van der Waals surface area contributed by atoms with Gasteiger partial charge in [-0.2, -0.15) is 4.31 Å². The summed E-state index contributed by atoms with van der Waals surface area (Å²) in [5.41, 5.74) is 0.531. The molecule has 29 heavy (non-hydrogen) atoms. The molecule has 0 amide bonds. The van der Waals surface area contributed by atoms with Gasteiger partial charge in [0.2, 0.25) is 10.0 Å². The minimum Gasteiger partial charge on any atom is -0.496 e. The van der Waals surface area contributed by atoms with Gasteiger partial charge in [0, 0.05) is 29.1 Å². The lowest BCUT2D eigenvalue weighted by Gasteiger charge is -2.22. The molecular formula is C19H16Cl2N2O5S. The van der Waals surface area contributed by atoms with Gasteiger partial charge in [-0.25, -0.2) is 13.4 Å². The predicted molar refractivity (Wildman–Crippen MR) is 110 cm³/mol. The molecule has 0 saturated heterocycles. The number of sulfonamides is 1. The van der Waals surface area contributed by atoms with Gasteiger partial charge in [0.25, 0.3) is 0 Å². The van der Waals surface area contributed by atoms with Crippen molar-refractivity contribution in [3.8, 4) is 5.75 Å². The summed E-state index contributed by atoms with van der Waals surface area (Å²) in [6, 6.07) is 11.0. The average molecular weight is 455 g/mol. The minimum absolute atomic E-state index is 0.0935. The van der Waals surface area contributed by atoms with E-state index < -0.39 is 22.5 Å². The number of para-hydroxylation sites is 1. The molecule has 0 aliphatic heterocycles. The van der Waals surface area contributed by atoms with Crippen molar-refractivity contribution in [2.45, 2.75) is 11.4 Å². The van der Waals surface area contributed by atoms with Gasteiger partial charge < -0.3 is 9.84 Å². The standard InChI is InChI=1S/C19H16Cl2N2O5S/c1-28-17-5-3-2-4-12(17)10-23(11-18(24)25)29(26,27)13-6-7-14-15(8-13)19(21)22-9-16(14)20/h2-9H,10-11H2,1H3,(H,24,25). The number of aromatic nitrogens is 1. The number of carboxylic acids is 1. The van der Waals surface area contributed by atoms with Gasteiger partial charge >= 0.3 is 5.97 Å². The molecule has 7 nitrogen and oxygen atoms in total. The van der Waals surface area contributed by atoms with Crippen molar-refractivity contribution in [3.63, 3.8) is 0 Å². The van der Waals surface area contributed by atoms with E-state index in [0.717, 1.165) is 4.31 Å². The number of halogens is 2. The highest BCUT2D eigenvalue weighted by molar-refractivity contribution is 7.89. The molecular weight excluding hydrogens is 439 g/mol. The first-order valence-electron chi connectivity index (χ1n) is 8.31. The van der Waals surface area contributed by atoms with Crippen LogP contribution in [-0.2, 0) is 21.4 Å². The van der Waals surface area contributed by atoms with Gasteiger partial charge in [0.15, 0.2) is 0 Å². The minimum atomic E-state index is -4.17. The number of benzene rings is 2. The van der Waals surface area contributed by atoms with Crippen LogP contribution in [-0.4, -0.2) is 42.4 Å². The monoisotopic (exact) mass is 454 g/mol. The molecule has 1 N–H and O–H groups in total. The summed E-state index contributed by atoms with van der Waals surface area (Å²) in [6.45, 7) is -0.905. The van der Waals surface area contributed by atoms with Crippen LogP contribution in [0.1, 0.15) is 5.56 Å². The number of carboxylic acid groups (broad SMARTS) is 1. The summed E-state index contributed by atoms with van der Waals surface area (Å²) in [4.78, 5) is 15.2. The summed E-state index contributed by atoms with van der Waals surface area (Å²) in [6.07, 6.45) is 1.37. The zero-order valence-electron chi connectivity index (χ0n) is 15.2. The van der Waals surface area contributed by atoms with E-state index >= 15 is 0 Å². The maximum absolute atomic E-state index is 13.2. The molecule has 3 rings (SSSR count). The second kappa shape index (κ2) is 8.54. The predicted octanol–water partition coefficient (Wildman–Crippen LogP) is 3.83. The van der Waals surface area contributed by atoms with E-state index in [0.29, 0.717) is 27.1 Å². The Hall–Kier alpha value is -2.39. The molecule has 2 aromatic carbocycles. The molecule has 0 saturated carbocycles. The Balaban J connectivity index is 2.08. The van der Waals surface area contributed by atoms with E-state index in [2.05, 4.69) is 4.98 Å². The zero-order valence-corrected chi connectivity index (χ0v) is 17.5. The third-order valence-corrected chi connectivity index (χ3v) is 6.64. The fourth-order valence-corrected chi connectivity index (χ4v) is 4.68. The topological polar surface area (TPSA) is 96.8 Å². The van der Waals surface area contributed by atoms with Crippen LogP contribution in [0.25, 0.3) is 10.8 Å². The fraction of sp³-hybridized carbons (Fsp3) is 0.158. The van der Waals surface area contributed by atoms with Gasteiger partial charge in [0.1, 0.15) is 17.4 Å². The Morgan fingerprint density at radius 2 is 1.90 bits per heavy atom. The molecule has 0 aliphatic rings. The highest BCUT2D eigenvalue weighted by atomic mass is 35.5. The first-order chi connectivity index (χ1) is 13.7. The number of fused-ring (bicyclic) bond motifs is 1. The van der Waals surface area contributed by atoms with E-state index in [-0.39, 0.29) is 16.6 Å². The maximum atomic E-state index is 13.2. The van der Waals surface area contributed by atoms with Crippen LogP contribution in [0.5, 0.6) is 5.75 Å². The Morgan fingerprint density at radius 3 is 2.59 bits per heavy atom. The Kier molecular flexibility index (Phi) is 6.28. The smallest absolute Gasteiger partial charge is 0.318 e. The van der Waals surface area contributed by atoms with E-state index in [1.54, 1.807) is 24.3 Å². The zero-order chi connectivity index (χ0) is 21.2. The molecule has 0 aliphatic carbocycles. The van der Waals surface area contributed by atoms with Crippen LogP contribution in [0.3, 0.4) is 0 Å². The van der Waals surface area contributed by atoms with Crippen molar-refractivity contribution < 1.29 is 23.1 Å². The normalized spacial score (nSPS) is 11.7. The number of methoxy groups -OCH3 is 1. The summed E-state index contributed by atoms with van der Waals surface area (Å²) in [5.74, 6) is -0.831. The Labute approximate surface area is 177 Å². The second-order valence-electron chi connectivity index (χ2n) is 6.08. The number of hydrogen-bond acceptors (Lipinski definition) is 5. The number of nitrogens with zero attached hydrogens (tertiary/aromatic N) is 2. The van der Waals surface area contributed by atoms with Gasteiger partial charge in [-0.1, -0.05) is 47.5 Å². The van der Waals surface area contributed by atoms with Gasteiger partial charge in [0.05, 0.1) is 17.0 Å². The summed E-state index contributed by atoms with van der Waals surface area (Å²) < 4.78 is 32.6. The quantitative estimate of drug-likeness (QED) is 0.544. The molecule has 1 heterocycles. The highest BCUT2D eigenvalue weighted by Gasteiger charge is 2.28. The Morgan fingerprint density at radius 1 is 1.17 bits per heavy atom. The number of hydrogen-bond donors (Lipinski definition) is 1. The SMILES string of the molecule is COc1ccccc1CN(CC(=O)O)S(=O)(=O)c1ccc2c(Cl)cnc(Cl)c2c1. The third-order valence-electron chi connectivity index (χ3n) is 4.25. The van der Waals surface area contributed by atoms with Crippen molar-refractivity contribution in [1.82, 2.24) is 9.29 Å². The van der Waals surface area contributed by atoms with Gasteiger partial charge in [-0.15, -0.1) is 0 Å². The lowest BCUT2D eigenvalue weighted by atomic mass is 10.2. The lowest BCUT2D eigenvalue weighted by Crippen LogP contribution is -2.35. The van der Waals surface area contributed by atoms with Crippen LogP contribution < -0.4 is 4.74 Å². The van der Waals surface area contributed by atoms with Crippen LogP contribution >= 0.6 is 23.2 Å². The van der Waals surface area contributed by atoms with Crippen LogP contribution in [0.15, 0.2) is 53.6 Å². The van der Waals surface area contributed by atoms with Gasteiger partial charge in [-0.3, -0.25) is 4.79 Å². The number of rotatable bonds is 7. The molecule has 3 aromatic rings. The molecule has 1 aromatic heterocycles. The molecule has 0 spiro atoms. The Bertz CT molecular complexity index is 1180. The largest absolute Gasteiger partial charge is 0.496 e. The molecule has 152 valence electrons. The molecule has 0 bridgehead atoms. The van der Waals surface area contributed by atoms with Crippen molar-refractivity contribution in [2.75, 3.05) is 13.7 Å². The molecule has 0 fully saturated rings. The van der Waals surface area contributed by atoms with Crippen molar-refractivity contribution >= 4 is 50.0 Å². The van der Waals surface area contributed by atoms with E-state index in [1.165, 1.54) is 31.5 Å². The average Bonchev–Trinajstić information content (AvgIpc) is 2.70. The van der Waals surface area contributed by atoms with Crippen LogP contribution in [0.2, 0.25) is 10.2 Å². The van der Waals surface area contributed by atoms with Crippen molar-refractivity contribution in [1.29, 1.82) is 0 Å². The third kappa shape index (κ3) is 4.45. The number of pyridine rings is 1. The summed E-state index contributed by atoms with van der Waals surface area (Å²) >= 11 is 12.2. The summed E-state index contributed by atoms with van der Waals surface area (Å²) in [5, 5.41) is 10.6. The number of aliphatic carboxylic acids is 1. The van der Waals surface area contributed by atoms with Crippen molar-refractivity contribution in [2.24, 2.45) is 0 Å². The van der Waals surface area contributed by atoms with Crippen LogP contribution in [0.4, 0.5) is 0 Å². The van der Waals surface area contributed by atoms with Crippen LogP contribution in [0, 0.1) is 0 Å². The first-order valence-corrected chi connectivity index (χ1v) is 10.5. The highest BCUT2D eigenvalue weighted by Crippen LogP contribution is 2.31. The maximum Gasteiger partial charge on any atom is 0.318 e. The molecule has 0 unspecified atom stereocenters. The second-order valence-corrected chi connectivity index (χ2v) is 8.79. The van der Waals surface area contributed by atoms with Crippen molar-refractivity contribution in [3.05, 3.63) is 64.4 Å². The van der Waals surface area contributed by atoms with E-state index in [1.807, 2.05) is 0 Å². The first kappa shape index (κ1) is 21.3.